The lowest BCUT2D eigenvalue weighted by atomic mass is 10.3. The van der Waals surface area contributed by atoms with Crippen LogP contribution in [-0.2, 0) is 0 Å². The van der Waals surface area contributed by atoms with Crippen LogP contribution >= 0.6 is 0 Å². The molecule has 0 saturated carbocycles. The second kappa shape index (κ2) is 4.71. The molecule has 0 unspecified atom stereocenters. The number of aryl methyl sites for hydroxylation is 1. The van der Waals surface area contributed by atoms with Gasteiger partial charge >= 0.3 is 0 Å². The van der Waals surface area contributed by atoms with E-state index in [9.17, 15) is 0 Å². The molecule has 0 fully saturated rings. The lowest BCUT2D eigenvalue weighted by molar-refractivity contribution is 0.442. The molecule has 16 heavy (non-hydrogen) atoms. The van der Waals surface area contributed by atoms with Crippen LogP contribution in [0.1, 0.15) is 5.69 Å². The first-order chi connectivity index (χ1) is 7.83. The molecule has 0 bridgehead atoms. The molecule has 2 heterocycles. The topological polar surface area (TPSA) is 89.9 Å². The summed E-state index contributed by atoms with van der Waals surface area (Å²) in [6.45, 7) is 3.05. The predicted molar refractivity (Wildman–Crippen MR) is 61.0 cm³/mol. The van der Waals surface area contributed by atoms with Gasteiger partial charge in [-0.3, -0.25) is 0 Å². The summed E-state index contributed by atoms with van der Waals surface area (Å²) < 4.78 is 5.04. The lowest BCUT2D eigenvalue weighted by Gasteiger charge is -2.02. The number of anilines is 1. The van der Waals surface area contributed by atoms with Crippen LogP contribution in [0.5, 0.6) is 0 Å². The SMILES string of the molecule is Cc1noc2ncnc(NC/C=C/CN)c12. The Morgan fingerprint density at radius 1 is 1.44 bits per heavy atom. The standard InChI is InChI=1S/C10H13N5O/c1-7-8-9(12-5-3-2-4-11)13-6-14-10(8)16-15-7/h2-3,6H,4-5,11H2,1H3,(H,12,13,14)/b3-2+. The van der Waals surface area contributed by atoms with Crippen molar-refractivity contribution in [2.24, 2.45) is 5.73 Å². The van der Waals surface area contributed by atoms with Gasteiger partial charge in [-0.05, 0) is 6.92 Å². The molecule has 0 aliphatic rings. The van der Waals surface area contributed by atoms with Gasteiger partial charge in [-0.15, -0.1) is 0 Å². The van der Waals surface area contributed by atoms with Crippen molar-refractivity contribution in [2.45, 2.75) is 6.92 Å². The summed E-state index contributed by atoms with van der Waals surface area (Å²) in [4.78, 5) is 8.14. The number of rotatable bonds is 4. The van der Waals surface area contributed by atoms with Crippen LogP contribution in [-0.4, -0.2) is 28.2 Å². The van der Waals surface area contributed by atoms with Crippen molar-refractivity contribution in [2.75, 3.05) is 18.4 Å². The molecule has 6 nitrogen and oxygen atoms in total. The van der Waals surface area contributed by atoms with Gasteiger partial charge in [0.2, 0.25) is 0 Å². The molecule has 2 aromatic rings. The van der Waals surface area contributed by atoms with Crippen LogP contribution in [0.2, 0.25) is 0 Å². The molecule has 6 heteroatoms. The Labute approximate surface area is 92.5 Å². The van der Waals surface area contributed by atoms with E-state index in [1.807, 2.05) is 19.1 Å². The molecule has 0 amide bonds. The summed E-state index contributed by atoms with van der Waals surface area (Å²) in [5.41, 5.74) is 6.62. The monoisotopic (exact) mass is 219 g/mol. The fraction of sp³-hybridized carbons (Fsp3) is 0.300. The van der Waals surface area contributed by atoms with Crippen molar-refractivity contribution < 1.29 is 4.52 Å². The minimum absolute atomic E-state index is 0.498. The van der Waals surface area contributed by atoms with E-state index in [0.29, 0.717) is 18.8 Å². The van der Waals surface area contributed by atoms with E-state index in [1.165, 1.54) is 6.33 Å². The number of aromatic nitrogens is 3. The highest BCUT2D eigenvalue weighted by Crippen LogP contribution is 2.21. The number of nitrogens with one attached hydrogen (secondary N) is 1. The summed E-state index contributed by atoms with van der Waals surface area (Å²) in [5.74, 6) is 0.727. The zero-order valence-electron chi connectivity index (χ0n) is 8.97. The molecular formula is C10H13N5O. The summed E-state index contributed by atoms with van der Waals surface area (Å²) in [6, 6.07) is 0. The zero-order valence-corrected chi connectivity index (χ0v) is 8.97. The number of fused-ring (bicyclic) bond motifs is 1. The zero-order chi connectivity index (χ0) is 11.4. The van der Waals surface area contributed by atoms with E-state index in [-0.39, 0.29) is 0 Å². The molecule has 2 aromatic heterocycles. The largest absolute Gasteiger partial charge is 0.366 e. The van der Waals surface area contributed by atoms with Gasteiger partial charge in [0.15, 0.2) is 0 Å². The van der Waals surface area contributed by atoms with Crippen molar-refractivity contribution in [3.05, 3.63) is 24.2 Å². The summed E-state index contributed by atoms with van der Waals surface area (Å²) in [6.07, 6.45) is 5.27. The van der Waals surface area contributed by atoms with E-state index in [2.05, 4.69) is 20.4 Å². The summed E-state index contributed by atoms with van der Waals surface area (Å²) >= 11 is 0. The van der Waals surface area contributed by atoms with Crippen LogP contribution in [0.25, 0.3) is 11.1 Å². The summed E-state index contributed by atoms with van der Waals surface area (Å²) in [7, 11) is 0. The van der Waals surface area contributed by atoms with Gasteiger partial charge in [-0.1, -0.05) is 17.3 Å². The third kappa shape index (κ3) is 2.01. The van der Waals surface area contributed by atoms with Crippen molar-refractivity contribution >= 4 is 16.9 Å². The molecule has 0 spiro atoms. The van der Waals surface area contributed by atoms with E-state index in [0.717, 1.165) is 16.9 Å². The van der Waals surface area contributed by atoms with E-state index in [1.54, 1.807) is 0 Å². The first kappa shape index (κ1) is 10.6. The van der Waals surface area contributed by atoms with E-state index >= 15 is 0 Å². The Kier molecular flexibility index (Phi) is 3.11. The van der Waals surface area contributed by atoms with Crippen molar-refractivity contribution in [1.29, 1.82) is 0 Å². The van der Waals surface area contributed by atoms with Gasteiger partial charge in [-0.25, -0.2) is 4.98 Å². The molecule has 0 aromatic carbocycles. The second-order valence-corrected chi connectivity index (χ2v) is 3.26. The highest BCUT2D eigenvalue weighted by molar-refractivity contribution is 5.87. The number of hydrogen-bond acceptors (Lipinski definition) is 6. The Bertz CT molecular complexity index is 505. The molecular weight excluding hydrogens is 206 g/mol. The first-order valence-corrected chi connectivity index (χ1v) is 4.99. The summed E-state index contributed by atoms with van der Waals surface area (Å²) in [5, 5.41) is 7.82. The molecule has 2 rings (SSSR count). The van der Waals surface area contributed by atoms with Gasteiger partial charge in [0.25, 0.3) is 5.71 Å². The normalized spacial score (nSPS) is 11.4. The lowest BCUT2D eigenvalue weighted by Crippen LogP contribution is -2.03. The highest BCUT2D eigenvalue weighted by Gasteiger charge is 2.10. The van der Waals surface area contributed by atoms with Gasteiger partial charge in [0.05, 0.1) is 5.69 Å². The van der Waals surface area contributed by atoms with Gasteiger partial charge < -0.3 is 15.6 Å². The van der Waals surface area contributed by atoms with Crippen LogP contribution in [0.3, 0.4) is 0 Å². The molecule has 0 saturated heterocycles. The van der Waals surface area contributed by atoms with Crippen molar-refractivity contribution in [3.63, 3.8) is 0 Å². The molecule has 84 valence electrons. The van der Waals surface area contributed by atoms with Crippen molar-refractivity contribution in [3.8, 4) is 0 Å². The maximum Gasteiger partial charge on any atom is 0.263 e. The Morgan fingerprint density at radius 3 is 3.12 bits per heavy atom. The number of hydrogen-bond donors (Lipinski definition) is 2. The fourth-order valence-electron chi connectivity index (χ4n) is 1.39. The Hall–Kier alpha value is -1.95. The Balaban J connectivity index is 2.23. The predicted octanol–water partition coefficient (Wildman–Crippen LogP) is 0.853. The molecule has 0 aliphatic heterocycles. The Morgan fingerprint density at radius 2 is 2.31 bits per heavy atom. The van der Waals surface area contributed by atoms with Gasteiger partial charge in [0, 0.05) is 13.1 Å². The van der Waals surface area contributed by atoms with Crippen LogP contribution < -0.4 is 11.1 Å². The fourth-order valence-corrected chi connectivity index (χ4v) is 1.39. The molecule has 0 atom stereocenters. The maximum absolute atomic E-state index is 5.34. The van der Waals surface area contributed by atoms with Gasteiger partial charge in [0.1, 0.15) is 17.5 Å². The molecule has 3 N–H and O–H groups in total. The smallest absolute Gasteiger partial charge is 0.263 e. The maximum atomic E-state index is 5.34. The third-order valence-electron chi connectivity index (χ3n) is 2.13. The van der Waals surface area contributed by atoms with Crippen LogP contribution in [0, 0.1) is 6.92 Å². The molecule has 0 radical (unpaired) electrons. The van der Waals surface area contributed by atoms with Gasteiger partial charge in [-0.2, -0.15) is 4.98 Å². The third-order valence-corrected chi connectivity index (χ3v) is 2.13. The first-order valence-electron chi connectivity index (χ1n) is 4.99. The van der Waals surface area contributed by atoms with Crippen LogP contribution in [0.4, 0.5) is 5.82 Å². The molecule has 0 aliphatic carbocycles. The van der Waals surface area contributed by atoms with E-state index in [4.69, 9.17) is 10.3 Å². The van der Waals surface area contributed by atoms with Crippen LogP contribution in [0.15, 0.2) is 23.0 Å². The number of nitrogens with zero attached hydrogens (tertiary/aromatic N) is 3. The second-order valence-electron chi connectivity index (χ2n) is 3.26. The minimum atomic E-state index is 0.498. The average Bonchev–Trinajstić information content (AvgIpc) is 2.68. The highest BCUT2D eigenvalue weighted by atomic mass is 16.5. The quantitative estimate of drug-likeness (QED) is 0.741. The van der Waals surface area contributed by atoms with Crippen molar-refractivity contribution in [1.82, 2.24) is 15.1 Å². The minimum Gasteiger partial charge on any atom is -0.366 e. The average molecular weight is 219 g/mol. The van der Waals surface area contributed by atoms with E-state index < -0.39 is 0 Å². The number of nitrogens with two attached hydrogens (primary N) is 1.